The van der Waals surface area contributed by atoms with E-state index >= 15 is 0 Å². The first kappa shape index (κ1) is 15.5. The molecule has 0 unspecified atom stereocenters. The highest BCUT2D eigenvalue weighted by atomic mass is 16.2. The van der Waals surface area contributed by atoms with Gasteiger partial charge >= 0.3 is 0 Å². The van der Waals surface area contributed by atoms with Crippen LogP contribution in [0.5, 0.6) is 0 Å². The van der Waals surface area contributed by atoms with Gasteiger partial charge in [-0.15, -0.1) is 0 Å². The van der Waals surface area contributed by atoms with Crippen LogP contribution in [-0.2, 0) is 0 Å². The molecule has 1 aromatic rings. The summed E-state index contributed by atoms with van der Waals surface area (Å²) in [7, 11) is 4.18. The number of carbonyl (C=O) groups excluding carboxylic acids is 1. The lowest BCUT2D eigenvalue weighted by atomic mass is 10.0. The number of carbonyl (C=O) groups is 1. The molecular formula is C16H22N4O. The quantitative estimate of drug-likeness (QED) is 0.807. The zero-order chi connectivity index (χ0) is 15.2. The van der Waals surface area contributed by atoms with Gasteiger partial charge in [0.25, 0.3) is 5.91 Å². The maximum Gasteiger partial charge on any atom is 0.255 e. The number of likely N-dealkylation sites (tertiary alicyclic amines) is 1. The number of nitrogens with zero attached hydrogens (tertiary/aromatic N) is 3. The van der Waals surface area contributed by atoms with Gasteiger partial charge in [-0.2, -0.15) is 0 Å². The normalized spacial score (nSPS) is 15.7. The van der Waals surface area contributed by atoms with Gasteiger partial charge in [-0.05, 0) is 33.0 Å². The molecule has 5 heteroatoms. The molecule has 1 aliphatic heterocycles. The molecule has 2 rings (SSSR count). The van der Waals surface area contributed by atoms with Crippen LogP contribution in [-0.4, -0.2) is 60.5 Å². The first-order chi connectivity index (χ1) is 10.1. The van der Waals surface area contributed by atoms with Crippen molar-refractivity contribution in [3.8, 4) is 11.8 Å². The first-order valence-corrected chi connectivity index (χ1v) is 7.22. The van der Waals surface area contributed by atoms with E-state index in [4.69, 9.17) is 5.73 Å². The Morgan fingerprint density at radius 1 is 1.48 bits per heavy atom. The highest BCUT2D eigenvalue weighted by molar-refractivity contribution is 5.96. The lowest BCUT2D eigenvalue weighted by Crippen LogP contribution is -2.44. The summed E-state index contributed by atoms with van der Waals surface area (Å²) in [4.78, 5) is 20.8. The van der Waals surface area contributed by atoms with Crippen LogP contribution >= 0.6 is 0 Å². The fraction of sp³-hybridized carbons (Fsp3) is 0.500. The highest BCUT2D eigenvalue weighted by Crippen LogP contribution is 2.17. The molecule has 21 heavy (non-hydrogen) atoms. The van der Waals surface area contributed by atoms with Crippen LogP contribution in [0.4, 0.5) is 0 Å². The Labute approximate surface area is 126 Å². The summed E-state index contributed by atoms with van der Waals surface area (Å²) in [6.07, 6.45) is 5.27. The smallest absolute Gasteiger partial charge is 0.255 e. The zero-order valence-corrected chi connectivity index (χ0v) is 12.7. The van der Waals surface area contributed by atoms with Gasteiger partial charge in [0, 0.05) is 31.5 Å². The number of hydrogen-bond donors (Lipinski definition) is 1. The Bertz CT molecular complexity index is 551. The number of nitrogens with two attached hydrogens (primary N) is 1. The van der Waals surface area contributed by atoms with Gasteiger partial charge in [-0.25, -0.2) is 0 Å². The Morgan fingerprint density at radius 3 is 2.81 bits per heavy atom. The maximum atomic E-state index is 12.6. The fourth-order valence-corrected chi connectivity index (χ4v) is 2.58. The third-order valence-corrected chi connectivity index (χ3v) is 3.86. The number of rotatable bonds is 2. The Morgan fingerprint density at radius 2 is 2.19 bits per heavy atom. The van der Waals surface area contributed by atoms with Gasteiger partial charge in [0.1, 0.15) is 0 Å². The van der Waals surface area contributed by atoms with Gasteiger partial charge in [-0.1, -0.05) is 11.8 Å². The molecule has 0 saturated carbocycles. The topological polar surface area (TPSA) is 62.5 Å². The van der Waals surface area contributed by atoms with Crippen LogP contribution in [0.1, 0.15) is 28.8 Å². The van der Waals surface area contributed by atoms with E-state index in [9.17, 15) is 4.79 Å². The molecule has 1 saturated heterocycles. The fourth-order valence-electron chi connectivity index (χ4n) is 2.58. The SMILES string of the molecule is CN(C)C1CCN(C(=O)c2ccncc2C#CCN)CC1. The molecule has 0 radical (unpaired) electrons. The summed E-state index contributed by atoms with van der Waals surface area (Å²) < 4.78 is 0. The molecule has 1 aliphatic rings. The molecule has 0 bridgehead atoms. The number of amides is 1. The zero-order valence-electron chi connectivity index (χ0n) is 12.7. The maximum absolute atomic E-state index is 12.6. The van der Waals surface area contributed by atoms with Crippen LogP contribution in [0.3, 0.4) is 0 Å². The number of pyridine rings is 1. The average Bonchev–Trinajstić information content (AvgIpc) is 2.52. The van der Waals surface area contributed by atoms with Gasteiger partial charge < -0.3 is 15.5 Å². The van der Waals surface area contributed by atoms with E-state index in [1.165, 1.54) is 0 Å². The molecular weight excluding hydrogens is 264 g/mol. The minimum Gasteiger partial charge on any atom is -0.338 e. The summed E-state index contributed by atoms with van der Waals surface area (Å²) in [5, 5.41) is 0. The van der Waals surface area contributed by atoms with Gasteiger partial charge in [0.2, 0.25) is 0 Å². The van der Waals surface area contributed by atoms with E-state index in [-0.39, 0.29) is 12.5 Å². The predicted molar refractivity (Wildman–Crippen MR) is 82.8 cm³/mol. The summed E-state index contributed by atoms with van der Waals surface area (Å²) in [5.74, 6) is 5.75. The van der Waals surface area contributed by atoms with E-state index in [0.29, 0.717) is 17.2 Å². The van der Waals surface area contributed by atoms with Crippen molar-refractivity contribution in [1.29, 1.82) is 0 Å². The molecule has 0 atom stereocenters. The molecule has 0 aromatic carbocycles. The summed E-state index contributed by atoms with van der Waals surface area (Å²) in [6.45, 7) is 1.85. The van der Waals surface area contributed by atoms with Crippen molar-refractivity contribution in [2.24, 2.45) is 5.73 Å². The van der Waals surface area contributed by atoms with Gasteiger partial charge in [0.05, 0.1) is 17.7 Å². The van der Waals surface area contributed by atoms with E-state index in [2.05, 4.69) is 35.8 Å². The molecule has 0 spiro atoms. The van der Waals surface area contributed by atoms with Crippen molar-refractivity contribution in [1.82, 2.24) is 14.8 Å². The van der Waals surface area contributed by atoms with E-state index in [0.717, 1.165) is 25.9 Å². The summed E-state index contributed by atoms with van der Waals surface area (Å²) in [6, 6.07) is 2.30. The standard InChI is InChI=1S/C16H22N4O/c1-19(2)14-6-10-20(11-7-14)16(21)15-5-9-18-12-13(15)4-3-8-17/h5,9,12,14H,6-8,10-11,17H2,1-2H3. The van der Waals surface area contributed by atoms with Crippen LogP contribution in [0.2, 0.25) is 0 Å². The average molecular weight is 286 g/mol. The second kappa shape index (κ2) is 7.21. The molecule has 2 N–H and O–H groups in total. The molecule has 1 aromatic heterocycles. The predicted octanol–water partition coefficient (Wildman–Crippen LogP) is 0.558. The van der Waals surface area contributed by atoms with Crippen LogP contribution in [0.25, 0.3) is 0 Å². The lowest BCUT2D eigenvalue weighted by Gasteiger charge is -2.35. The monoisotopic (exact) mass is 286 g/mol. The Kier molecular flexibility index (Phi) is 5.32. The second-order valence-corrected chi connectivity index (χ2v) is 5.41. The van der Waals surface area contributed by atoms with Crippen LogP contribution in [0, 0.1) is 11.8 Å². The van der Waals surface area contributed by atoms with Crippen molar-refractivity contribution in [2.45, 2.75) is 18.9 Å². The van der Waals surface area contributed by atoms with E-state index in [1.54, 1.807) is 18.5 Å². The van der Waals surface area contributed by atoms with Crippen molar-refractivity contribution < 1.29 is 4.79 Å². The van der Waals surface area contributed by atoms with Crippen molar-refractivity contribution in [3.05, 3.63) is 29.6 Å². The molecule has 1 amide bonds. The van der Waals surface area contributed by atoms with Crippen molar-refractivity contribution in [3.63, 3.8) is 0 Å². The number of aromatic nitrogens is 1. The lowest BCUT2D eigenvalue weighted by molar-refractivity contribution is 0.0663. The molecule has 112 valence electrons. The number of piperidine rings is 1. The molecule has 0 aliphatic carbocycles. The van der Waals surface area contributed by atoms with Crippen molar-refractivity contribution >= 4 is 5.91 Å². The highest BCUT2D eigenvalue weighted by Gasteiger charge is 2.25. The van der Waals surface area contributed by atoms with Crippen molar-refractivity contribution in [2.75, 3.05) is 33.7 Å². The molecule has 2 heterocycles. The second-order valence-electron chi connectivity index (χ2n) is 5.41. The first-order valence-electron chi connectivity index (χ1n) is 7.22. The summed E-state index contributed by atoms with van der Waals surface area (Å²) >= 11 is 0. The minimum absolute atomic E-state index is 0.0379. The van der Waals surface area contributed by atoms with Gasteiger partial charge in [0.15, 0.2) is 0 Å². The van der Waals surface area contributed by atoms with E-state index in [1.807, 2.05) is 4.90 Å². The Balaban J connectivity index is 2.11. The molecule has 1 fully saturated rings. The van der Waals surface area contributed by atoms with Gasteiger partial charge in [-0.3, -0.25) is 9.78 Å². The third kappa shape index (κ3) is 3.81. The van der Waals surface area contributed by atoms with Crippen LogP contribution in [0.15, 0.2) is 18.5 Å². The number of hydrogen-bond acceptors (Lipinski definition) is 4. The Hall–Kier alpha value is -1.90. The third-order valence-electron chi connectivity index (χ3n) is 3.86. The van der Waals surface area contributed by atoms with Crippen LogP contribution < -0.4 is 5.73 Å². The summed E-state index contributed by atoms with van der Waals surface area (Å²) in [5.41, 5.74) is 6.67. The van der Waals surface area contributed by atoms with E-state index < -0.39 is 0 Å². The molecule has 5 nitrogen and oxygen atoms in total. The minimum atomic E-state index is 0.0379. The largest absolute Gasteiger partial charge is 0.338 e.